The van der Waals surface area contributed by atoms with Crippen molar-refractivity contribution in [1.82, 2.24) is 0 Å². The van der Waals surface area contributed by atoms with Gasteiger partial charge in [-0.25, -0.2) is 0 Å². The molecule has 0 aromatic heterocycles. The van der Waals surface area contributed by atoms with E-state index in [4.69, 9.17) is 4.74 Å². The highest BCUT2D eigenvalue weighted by atomic mass is 16.5. The molecule has 2 unspecified atom stereocenters. The third-order valence-electron chi connectivity index (χ3n) is 4.88. The number of ether oxygens (including phenoxy) is 1. The summed E-state index contributed by atoms with van der Waals surface area (Å²) in [5, 5.41) is 3.76. The van der Waals surface area contributed by atoms with Crippen LogP contribution in [-0.2, 0) is 4.74 Å². The van der Waals surface area contributed by atoms with E-state index in [1.807, 2.05) is 36.4 Å². The normalized spacial score (nSPS) is 22.9. The Morgan fingerprint density at radius 1 is 0.714 bits per heavy atom. The minimum atomic E-state index is 0.134. The van der Waals surface area contributed by atoms with E-state index in [1.165, 1.54) is 11.1 Å². The van der Waals surface area contributed by atoms with Crippen LogP contribution in [0.3, 0.4) is 0 Å². The summed E-state index contributed by atoms with van der Waals surface area (Å²) in [4.78, 5) is 12.9. The van der Waals surface area contributed by atoms with Gasteiger partial charge in [-0.05, 0) is 34.7 Å². The van der Waals surface area contributed by atoms with Crippen molar-refractivity contribution in [1.29, 1.82) is 0 Å². The fraction of sp³-hybridized carbons (Fsp3) is 0.211. The molecule has 3 aromatic rings. The molecule has 0 spiro atoms. The zero-order chi connectivity index (χ0) is 14.0. The summed E-state index contributed by atoms with van der Waals surface area (Å²) >= 11 is 0. The van der Waals surface area contributed by atoms with Crippen molar-refractivity contribution in [2.24, 2.45) is 0 Å². The van der Waals surface area contributed by atoms with Crippen molar-refractivity contribution in [3.05, 3.63) is 69.9 Å². The summed E-state index contributed by atoms with van der Waals surface area (Å²) in [6.45, 7) is 0. The largest absolute Gasteiger partial charge is 0.366 e. The van der Waals surface area contributed by atoms with Crippen LogP contribution >= 0.6 is 0 Å². The third-order valence-corrected chi connectivity index (χ3v) is 4.88. The van der Waals surface area contributed by atoms with Gasteiger partial charge in [-0.2, -0.15) is 0 Å². The molecule has 21 heavy (non-hydrogen) atoms. The predicted molar refractivity (Wildman–Crippen MR) is 83.5 cm³/mol. The lowest BCUT2D eigenvalue weighted by Crippen LogP contribution is -1.98. The van der Waals surface area contributed by atoms with E-state index in [2.05, 4.69) is 12.1 Å². The Hall–Kier alpha value is -2.19. The first kappa shape index (κ1) is 11.5. The summed E-state index contributed by atoms with van der Waals surface area (Å²) in [6, 6.07) is 15.9. The van der Waals surface area contributed by atoms with Crippen molar-refractivity contribution in [2.75, 3.05) is 0 Å². The lowest BCUT2D eigenvalue weighted by molar-refractivity contribution is 0.0725. The van der Waals surface area contributed by atoms with Gasteiger partial charge in [0, 0.05) is 10.8 Å². The van der Waals surface area contributed by atoms with Crippen LogP contribution in [0, 0.1) is 0 Å². The second-order valence-electron chi connectivity index (χ2n) is 5.94. The lowest BCUT2D eigenvalue weighted by Gasteiger charge is -2.11. The summed E-state index contributed by atoms with van der Waals surface area (Å²) < 4.78 is 6.14. The first-order chi connectivity index (χ1) is 10.3. The Morgan fingerprint density at radius 3 is 1.62 bits per heavy atom. The maximum absolute atomic E-state index is 12.9. The van der Waals surface area contributed by atoms with Crippen molar-refractivity contribution in [3.63, 3.8) is 0 Å². The minimum Gasteiger partial charge on any atom is -0.366 e. The summed E-state index contributed by atoms with van der Waals surface area (Å²) in [7, 11) is 0. The number of hydrogen-bond donors (Lipinski definition) is 0. The van der Waals surface area contributed by atoms with E-state index in [1.54, 1.807) is 0 Å². The van der Waals surface area contributed by atoms with Crippen LogP contribution in [0.5, 0.6) is 0 Å². The number of fused-ring (bicyclic) bond motifs is 9. The number of rotatable bonds is 0. The zero-order valence-electron chi connectivity index (χ0n) is 11.5. The summed E-state index contributed by atoms with van der Waals surface area (Å²) in [5.41, 5.74) is 2.63. The van der Waals surface area contributed by atoms with Crippen molar-refractivity contribution in [2.45, 2.75) is 25.0 Å². The van der Waals surface area contributed by atoms with Gasteiger partial charge in [-0.1, -0.05) is 48.5 Å². The van der Waals surface area contributed by atoms with Crippen LogP contribution in [-0.4, -0.2) is 0 Å². The van der Waals surface area contributed by atoms with Gasteiger partial charge in [0.25, 0.3) is 0 Å². The molecule has 1 fully saturated rings. The molecule has 2 aliphatic rings. The van der Waals surface area contributed by atoms with Crippen LogP contribution in [0.25, 0.3) is 21.5 Å². The van der Waals surface area contributed by atoms with Gasteiger partial charge >= 0.3 is 0 Å². The maximum atomic E-state index is 12.9. The van der Waals surface area contributed by atoms with Gasteiger partial charge in [0.2, 0.25) is 0 Å². The SMILES string of the molecule is O=c1c2ccccc2c2c(c3ccccc13)C1CCC2O1. The molecule has 0 amide bonds. The minimum absolute atomic E-state index is 0.134. The van der Waals surface area contributed by atoms with Crippen molar-refractivity contribution >= 4 is 21.5 Å². The van der Waals surface area contributed by atoms with Gasteiger partial charge in [-0.15, -0.1) is 0 Å². The molecule has 2 nitrogen and oxygen atoms in total. The molecule has 2 bridgehead atoms. The highest BCUT2D eigenvalue weighted by Gasteiger charge is 2.40. The predicted octanol–water partition coefficient (Wildman–Crippen LogP) is 4.26. The van der Waals surface area contributed by atoms with E-state index in [0.29, 0.717) is 0 Å². The summed E-state index contributed by atoms with van der Waals surface area (Å²) in [5.74, 6) is 0. The number of hydrogen-bond acceptors (Lipinski definition) is 2. The Labute approximate surface area is 122 Å². The van der Waals surface area contributed by atoms with E-state index >= 15 is 0 Å². The maximum Gasteiger partial charge on any atom is 0.194 e. The first-order valence-electron chi connectivity index (χ1n) is 7.47. The van der Waals surface area contributed by atoms with E-state index < -0.39 is 0 Å². The van der Waals surface area contributed by atoms with Gasteiger partial charge in [0.05, 0.1) is 12.2 Å². The molecule has 2 aliphatic heterocycles. The van der Waals surface area contributed by atoms with E-state index in [9.17, 15) is 4.79 Å². The van der Waals surface area contributed by atoms with Crippen LogP contribution in [0.2, 0.25) is 0 Å². The Bertz CT molecular complexity index is 883. The van der Waals surface area contributed by atoms with Gasteiger partial charge in [0.15, 0.2) is 5.43 Å². The smallest absolute Gasteiger partial charge is 0.194 e. The average Bonchev–Trinajstić information content (AvgIpc) is 3.12. The van der Waals surface area contributed by atoms with Crippen molar-refractivity contribution < 1.29 is 4.74 Å². The first-order valence-corrected chi connectivity index (χ1v) is 7.47. The average molecular weight is 274 g/mol. The Balaban J connectivity index is 2.16. The quantitative estimate of drug-likeness (QED) is 0.612. The molecule has 2 atom stereocenters. The van der Waals surface area contributed by atoms with Gasteiger partial charge in [0.1, 0.15) is 0 Å². The van der Waals surface area contributed by atoms with Crippen LogP contribution < -0.4 is 5.43 Å². The Kier molecular flexibility index (Phi) is 2.14. The number of benzene rings is 2. The monoisotopic (exact) mass is 274 g/mol. The molecule has 0 N–H and O–H groups in total. The lowest BCUT2D eigenvalue weighted by atomic mass is 9.89. The third kappa shape index (κ3) is 1.38. The zero-order valence-corrected chi connectivity index (χ0v) is 11.5. The molecule has 0 aliphatic carbocycles. The molecule has 2 heteroatoms. The van der Waals surface area contributed by atoms with Gasteiger partial charge < -0.3 is 4.74 Å². The van der Waals surface area contributed by atoms with E-state index in [0.717, 1.165) is 34.4 Å². The van der Waals surface area contributed by atoms with Crippen LogP contribution in [0.15, 0.2) is 53.3 Å². The standard InChI is InChI=1S/C19H14O2/c20-19-13-7-3-1-5-11(13)17-15-9-10-16(21-15)18(17)12-6-2-4-8-14(12)19/h1-8,15-16H,9-10H2. The molecule has 5 rings (SSSR count). The highest BCUT2D eigenvalue weighted by molar-refractivity contribution is 5.98. The second-order valence-corrected chi connectivity index (χ2v) is 5.94. The molecule has 0 radical (unpaired) electrons. The Morgan fingerprint density at radius 2 is 1.14 bits per heavy atom. The molecule has 3 aromatic carbocycles. The van der Waals surface area contributed by atoms with Crippen molar-refractivity contribution in [3.8, 4) is 0 Å². The molecular formula is C19H14O2. The second kappa shape index (κ2) is 3.92. The molecule has 102 valence electrons. The van der Waals surface area contributed by atoms with E-state index in [-0.39, 0.29) is 17.6 Å². The fourth-order valence-electron chi connectivity index (χ4n) is 4.02. The highest BCUT2D eigenvalue weighted by Crippen LogP contribution is 2.53. The van der Waals surface area contributed by atoms with Gasteiger partial charge in [-0.3, -0.25) is 4.79 Å². The molecule has 1 saturated heterocycles. The van der Waals surface area contributed by atoms with Crippen LogP contribution in [0.1, 0.15) is 36.2 Å². The molecule has 2 heterocycles. The molecular weight excluding hydrogens is 260 g/mol. The fourth-order valence-corrected chi connectivity index (χ4v) is 4.02. The van der Waals surface area contributed by atoms with Crippen LogP contribution in [0.4, 0.5) is 0 Å². The molecule has 0 saturated carbocycles. The summed E-state index contributed by atoms with van der Waals surface area (Å²) in [6.07, 6.45) is 2.44. The topological polar surface area (TPSA) is 26.3 Å².